The Hall–Kier alpha value is -3.17. The molecule has 0 atom stereocenters. The largest absolute Gasteiger partial charge is 0.493 e. The van der Waals surface area contributed by atoms with E-state index >= 15 is 0 Å². The number of rotatable bonds is 6. The minimum Gasteiger partial charge on any atom is -0.493 e. The number of amides is 3. The molecule has 3 N–H and O–H groups in total. The molecule has 0 aromatic heterocycles. The van der Waals surface area contributed by atoms with Gasteiger partial charge in [0.15, 0.2) is 24.4 Å². The molecule has 0 radical (unpaired) electrons. The van der Waals surface area contributed by atoms with Gasteiger partial charge in [-0.15, -0.1) is 0 Å². The van der Waals surface area contributed by atoms with Gasteiger partial charge in [0, 0.05) is 6.07 Å². The summed E-state index contributed by atoms with van der Waals surface area (Å²) in [4.78, 5) is 42.5. The van der Waals surface area contributed by atoms with Crippen molar-refractivity contribution in [3.05, 3.63) is 27.8 Å². The predicted molar refractivity (Wildman–Crippen MR) is 68.3 cm³/mol. The summed E-state index contributed by atoms with van der Waals surface area (Å²) >= 11 is 0. The third kappa shape index (κ3) is 4.16. The first-order chi connectivity index (χ1) is 9.88. The number of aldehydes is 1. The summed E-state index contributed by atoms with van der Waals surface area (Å²) < 4.78 is 9.92. The maximum absolute atomic E-state index is 11.2. The SMILES string of the molecule is COc1cc(C=O)c([N+](=O)[O-])cc1OCC(=O)NC(N)=O. The normalized spacial score (nSPS) is 9.57. The number of nitrogens with one attached hydrogen (secondary N) is 1. The first kappa shape index (κ1) is 15.9. The molecule has 0 fully saturated rings. The second-order valence-electron chi connectivity index (χ2n) is 3.64. The van der Waals surface area contributed by atoms with Crippen LogP contribution in [0.3, 0.4) is 0 Å². The summed E-state index contributed by atoms with van der Waals surface area (Å²) in [5.74, 6) is -0.948. The van der Waals surface area contributed by atoms with E-state index in [0.29, 0.717) is 6.29 Å². The lowest BCUT2D eigenvalue weighted by Gasteiger charge is -2.10. The Balaban J connectivity index is 3.02. The third-order valence-corrected chi connectivity index (χ3v) is 2.26. The van der Waals surface area contributed by atoms with E-state index in [9.17, 15) is 24.5 Å². The fraction of sp³-hybridized carbons (Fsp3) is 0.182. The van der Waals surface area contributed by atoms with Crippen LogP contribution in [0.4, 0.5) is 10.5 Å². The summed E-state index contributed by atoms with van der Waals surface area (Å²) in [6, 6.07) is 0.991. The molecule has 1 aromatic rings. The Morgan fingerprint density at radius 2 is 2.10 bits per heavy atom. The number of urea groups is 1. The standard InChI is InChI=1S/C11H11N3O7/c1-20-8-2-6(4-15)7(14(18)19)3-9(8)21-5-10(16)13-11(12)17/h2-4H,5H2,1H3,(H3,12,13,16,17). The molecular formula is C11H11N3O7. The van der Waals surface area contributed by atoms with Gasteiger partial charge in [-0.3, -0.25) is 25.0 Å². The van der Waals surface area contributed by atoms with Crippen molar-refractivity contribution in [3.8, 4) is 11.5 Å². The highest BCUT2D eigenvalue weighted by molar-refractivity contribution is 5.94. The Morgan fingerprint density at radius 1 is 1.43 bits per heavy atom. The van der Waals surface area contributed by atoms with E-state index < -0.39 is 29.2 Å². The summed E-state index contributed by atoms with van der Waals surface area (Å²) in [5, 5.41) is 12.6. The number of ether oxygens (including phenoxy) is 2. The summed E-state index contributed by atoms with van der Waals surface area (Å²) in [6.45, 7) is -0.614. The number of hydrogen-bond acceptors (Lipinski definition) is 7. The van der Waals surface area contributed by atoms with E-state index in [2.05, 4.69) is 0 Å². The molecule has 0 saturated carbocycles. The fourth-order valence-corrected chi connectivity index (χ4v) is 1.41. The van der Waals surface area contributed by atoms with Gasteiger partial charge in [0.2, 0.25) is 0 Å². The van der Waals surface area contributed by atoms with Gasteiger partial charge in [0.05, 0.1) is 23.7 Å². The Bertz CT molecular complexity index is 600. The first-order valence-corrected chi connectivity index (χ1v) is 5.42. The second-order valence-corrected chi connectivity index (χ2v) is 3.64. The topological polar surface area (TPSA) is 151 Å². The van der Waals surface area contributed by atoms with Gasteiger partial charge >= 0.3 is 6.03 Å². The minimum absolute atomic E-state index is 0.0228. The van der Waals surface area contributed by atoms with Crippen molar-refractivity contribution in [3.63, 3.8) is 0 Å². The number of carbonyl (C=O) groups excluding carboxylic acids is 3. The number of imide groups is 1. The van der Waals surface area contributed by atoms with Crippen LogP contribution >= 0.6 is 0 Å². The lowest BCUT2D eigenvalue weighted by molar-refractivity contribution is -0.385. The van der Waals surface area contributed by atoms with Crippen molar-refractivity contribution < 1.29 is 28.8 Å². The Labute approximate surface area is 118 Å². The maximum atomic E-state index is 11.2. The van der Waals surface area contributed by atoms with Gasteiger partial charge in [0.1, 0.15) is 0 Å². The quantitative estimate of drug-likeness (QED) is 0.425. The first-order valence-electron chi connectivity index (χ1n) is 5.42. The number of hydrogen-bond donors (Lipinski definition) is 2. The lowest BCUT2D eigenvalue weighted by Crippen LogP contribution is -2.38. The molecule has 0 unspecified atom stereocenters. The maximum Gasteiger partial charge on any atom is 0.318 e. The van der Waals surface area contributed by atoms with E-state index in [1.165, 1.54) is 7.11 Å². The number of nitro groups is 1. The molecule has 10 heteroatoms. The van der Waals surface area contributed by atoms with E-state index in [0.717, 1.165) is 12.1 Å². The molecule has 0 spiro atoms. The number of nitro benzene ring substituents is 1. The molecule has 0 aliphatic carbocycles. The van der Waals surface area contributed by atoms with Crippen LogP contribution < -0.4 is 20.5 Å². The van der Waals surface area contributed by atoms with Crippen LogP contribution in [0.1, 0.15) is 10.4 Å². The number of nitrogens with zero attached hydrogens (tertiary/aromatic N) is 1. The molecule has 0 heterocycles. The predicted octanol–water partition coefficient (Wildman–Crippen LogP) is -0.0104. The molecule has 1 aromatic carbocycles. The van der Waals surface area contributed by atoms with E-state index in [1.807, 2.05) is 0 Å². The molecular weight excluding hydrogens is 286 g/mol. The molecule has 0 aliphatic rings. The van der Waals surface area contributed by atoms with Gasteiger partial charge in [-0.2, -0.15) is 0 Å². The van der Waals surface area contributed by atoms with E-state index in [1.54, 1.807) is 5.32 Å². The number of methoxy groups -OCH3 is 1. The Morgan fingerprint density at radius 3 is 2.57 bits per heavy atom. The van der Waals surface area contributed by atoms with E-state index in [4.69, 9.17) is 15.2 Å². The van der Waals surface area contributed by atoms with Crippen LogP contribution in [0.15, 0.2) is 12.1 Å². The van der Waals surface area contributed by atoms with Gasteiger partial charge < -0.3 is 15.2 Å². The van der Waals surface area contributed by atoms with Crippen molar-refractivity contribution >= 4 is 23.9 Å². The number of nitrogens with two attached hydrogens (primary N) is 1. The molecule has 112 valence electrons. The van der Waals surface area contributed by atoms with Gasteiger partial charge in [-0.25, -0.2) is 4.79 Å². The van der Waals surface area contributed by atoms with Crippen LogP contribution in [-0.2, 0) is 4.79 Å². The number of primary amides is 1. The fourth-order valence-electron chi connectivity index (χ4n) is 1.41. The lowest BCUT2D eigenvalue weighted by atomic mass is 10.1. The zero-order valence-corrected chi connectivity index (χ0v) is 10.8. The third-order valence-electron chi connectivity index (χ3n) is 2.26. The van der Waals surface area contributed by atoms with Crippen molar-refractivity contribution in [2.24, 2.45) is 5.73 Å². The molecule has 1 rings (SSSR count). The monoisotopic (exact) mass is 297 g/mol. The van der Waals surface area contributed by atoms with Crippen molar-refractivity contribution in [1.29, 1.82) is 0 Å². The van der Waals surface area contributed by atoms with Gasteiger partial charge in [0.25, 0.3) is 11.6 Å². The highest BCUT2D eigenvalue weighted by Gasteiger charge is 2.20. The summed E-state index contributed by atoms with van der Waals surface area (Å²) in [7, 11) is 1.26. The molecule has 0 saturated heterocycles. The van der Waals surface area contributed by atoms with Crippen molar-refractivity contribution in [2.75, 3.05) is 13.7 Å². The van der Waals surface area contributed by atoms with Crippen LogP contribution in [0.25, 0.3) is 0 Å². The molecule has 3 amide bonds. The summed E-state index contributed by atoms with van der Waals surface area (Å²) in [5.41, 5.74) is 4.03. The average Bonchev–Trinajstić information content (AvgIpc) is 2.43. The zero-order valence-electron chi connectivity index (χ0n) is 10.8. The molecule has 0 bridgehead atoms. The van der Waals surface area contributed by atoms with E-state index in [-0.39, 0.29) is 17.1 Å². The van der Waals surface area contributed by atoms with Crippen LogP contribution in [0, 0.1) is 10.1 Å². The minimum atomic E-state index is -1.06. The molecule has 10 nitrogen and oxygen atoms in total. The summed E-state index contributed by atoms with van der Waals surface area (Å²) in [6.07, 6.45) is 0.296. The average molecular weight is 297 g/mol. The van der Waals surface area contributed by atoms with Crippen LogP contribution in [0.5, 0.6) is 11.5 Å². The van der Waals surface area contributed by atoms with Gasteiger partial charge in [-0.1, -0.05) is 0 Å². The highest BCUT2D eigenvalue weighted by atomic mass is 16.6. The molecule has 21 heavy (non-hydrogen) atoms. The number of carbonyl (C=O) groups is 3. The Kier molecular flexibility index (Phi) is 5.17. The zero-order chi connectivity index (χ0) is 16.0. The van der Waals surface area contributed by atoms with Crippen LogP contribution in [-0.4, -0.2) is 36.9 Å². The number of benzene rings is 1. The highest BCUT2D eigenvalue weighted by Crippen LogP contribution is 2.33. The van der Waals surface area contributed by atoms with Crippen molar-refractivity contribution in [2.45, 2.75) is 0 Å². The van der Waals surface area contributed by atoms with Crippen LogP contribution in [0.2, 0.25) is 0 Å². The van der Waals surface area contributed by atoms with Crippen molar-refractivity contribution in [1.82, 2.24) is 5.32 Å². The molecule has 0 aliphatic heterocycles. The smallest absolute Gasteiger partial charge is 0.318 e. The van der Waals surface area contributed by atoms with Gasteiger partial charge in [-0.05, 0) is 0 Å². The second kappa shape index (κ2) is 6.84.